The lowest BCUT2D eigenvalue weighted by atomic mass is 10.0. The molecule has 0 saturated heterocycles. The maximum Gasteiger partial charge on any atom is 0.472 e. The largest absolute Gasteiger partial charge is 0.472 e. The summed E-state index contributed by atoms with van der Waals surface area (Å²) in [4.78, 5) is 72.4. The van der Waals surface area contributed by atoms with E-state index in [2.05, 4.69) is 27.7 Å². The minimum absolute atomic E-state index is 0.108. The van der Waals surface area contributed by atoms with E-state index in [0.717, 1.165) is 96.3 Å². The van der Waals surface area contributed by atoms with Crippen LogP contribution in [0.5, 0.6) is 0 Å². The Morgan fingerprint density at radius 3 is 0.678 bits per heavy atom. The highest BCUT2D eigenvalue weighted by Crippen LogP contribution is 2.45. The van der Waals surface area contributed by atoms with Gasteiger partial charge in [0, 0.05) is 25.7 Å². The lowest BCUT2D eigenvalue weighted by Crippen LogP contribution is -2.30. The maximum atomic E-state index is 13.0. The van der Waals surface area contributed by atoms with Gasteiger partial charge in [0.1, 0.15) is 19.3 Å². The minimum Gasteiger partial charge on any atom is -0.462 e. The molecule has 0 spiro atoms. The van der Waals surface area contributed by atoms with E-state index in [0.29, 0.717) is 25.7 Å². The molecule has 87 heavy (non-hydrogen) atoms. The summed E-state index contributed by atoms with van der Waals surface area (Å²) in [6.45, 7) is 4.91. The number of esters is 4. The summed E-state index contributed by atoms with van der Waals surface area (Å²) in [6.07, 6.45) is 49.8. The molecule has 0 aliphatic carbocycles. The van der Waals surface area contributed by atoms with Gasteiger partial charge in [-0.1, -0.05) is 304 Å². The van der Waals surface area contributed by atoms with E-state index in [1.807, 2.05) is 0 Å². The maximum absolute atomic E-state index is 13.0. The van der Waals surface area contributed by atoms with Crippen molar-refractivity contribution >= 4 is 39.5 Å². The number of phosphoric ester groups is 2. The molecule has 0 aromatic heterocycles. The van der Waals surface area contributed by atoms with Gasteiger partial charge in [-0.15, -0.1) is 0 Å². The summed E-state index contributed by atoms with van der Waals surface area (Å²) in [5, 5.41) is 10.6. The molecule has 516 valence electrons. The molecule has 19 heteroatoms. The Morgan fingerprint density at radius 2 is 0.460 bits per heavy atom. The number of unbranched alkanes of at least 4 members (excludes halogenated alkanes) is 43. The fourth-order valence-corrected chi connectivity index (χ4v) is 11.9. The van der Waals surface area contributed by atoms with Gasteiger partial charge in [-0.2, -0.15) is 0 Å². The van der Waals surface area contributed by atoms with Crippen LogP contribution < -0.4 is 0 Å². The van der Waals surface area contributed by atoms with E-state index >= 15 is 0 Å². The van der Waals surface area contributed by atoms with E-state index < -0.39 is 97.5 Å². The van der Waals surface area contributed by atoms with Gasteiger partial charge in [0.05, 0.1) is 26.4 Å². The quantitative estimate of drug-likeness (QED) is 0.0222. The molecule has 0 aromatic carbocycles. The standard InChI is InChI=1S/C68H132O17P2/c1-5-9-13-17-21-25-28-31-32-33-36-39-43-47-51-55-68(73)85-64(59-79-66(71)53-49-45-41-37-34-29-26-22-18-14-10-6-2)61-83-87(76,77)81-57-62(69)56-80-86(74,75)82-60-63(58-78-65(70)52-48-44-40-24-20-16-12-8-4)84-67(72)54-50-46-42-38-35-30-27-23-19-15-11-7-3/h62-64,69H,5-61H2,1-4H3,(H,74,75)(H,76,77)/t62-,63+,64+/m0/s1. The average molecular weight is 1280 g/mol. The van der Waals surface area contributed by atoms with E-state index in [-0.39, 0.29) is 25.7 Å². The summed E-state index contributed by atoms with van der Waals surface area (Å²) >= 11 is 0. The Balaban J connectivity index is 5.22. The van der Waals surface area contributed by atoms with Crippen LogP contribution in [0.4, 0.5) is 0 Å². The second-order valence-corrected chi connectivity index (χ2v) is 27.5. The van der Waals surface area contributed by atoms with Crippen LogP contribution in [0.15, 0.2) is 0 Å². The number of aliphatic hydroxyl groups is 1. The number of phosphoric acid groups is 2. The average Bonchev–Trinajstić information content (AvgIpc) is 3.71. The first-order chi connectivity index (χ1) is 42.2. The van der Waals surface area contributed by atoms with Gasteiger partial charge in [-0.25, -0.2) is 9.13 Å². The summed E-state index contributed by atoms with van der Waals surface area (Å²) in [7, 11) is -9.89. The topological polar surface area (TPSA) is 237 Å². The van der Waals surface area contributed by atoms with Crippen LogP contribution in [0.25, 0.3) is 0 Å². The zero-order valence-corrected chi connectivity index (χ0v) is 57.8. The molecule has 0 fully saturated rings. The van der Waals surface area contributed by atoms with E-state index in [4.69, 9.17) is 37.0 Å². The van der Waals surface area contributed by atoms with Crippen LogP contribution in [0, 0.1) is 0 Å². The Morgan fingerprint density at radius 1 is 0.276 bits per heavy atom. The van der Waals surface area contributed by atoms with Crippen molar-refractivity contribution in [3.05, 3.63) is 0 Å². The zero-order chi connectivity index (χ0) is 64.0. The van der Waals surface area contributed by atoms with E-state index in [9.17, 15) is 43.2 Å². The van der Waals surface area contributed by atoms with Gasteiger partial charge >= 0.3 is 39.5 Å². The van der Waals surface area contributed by atoms with Gasteiger partial charge in [-0.3, -0.25) is 37.3 Å². The monoisotopic (exact) mass is 1280 g/mol. The van der Waals surface area contributed by atoms with Gasteiger partial charge in [0.2, 0.25) is 0 Å². The highest BCUT2D eigenvalue weighted by atomic mass is 31.2. The van der Waals surface area contributed by atoms with Crippen LogP contribution in [-0.2, 0) is 65.4 Å². The van der Waals surface area contributed by atoms with Crippen molar-refractivity contribution in [3.63, 3.8) is 0 Å². The third-order valence-electron chi connectivity index (χ3n) is 15.9. The molecule has 2 unspecified atom stereocenters. The molecule has 0 rings (SSSR count). The van der Waals surface area contributed by atoms with Crippen molar-refractivity contribution in [1.29, 1.82) is 0 Å². The van der Waals surface area contributed by atoms with Gasteiger partial charge in [0.15, 0.2) is 12.2 Å². The summed E-state index contributed by atoms with van der Waals surface area (Å²) in [5.74, 6) is -2.12. The zero-order valence-electron chi connectivity index (χ0n) is 56.0. The number of hydrogen-bond acceptors (Lipinski definition) is 15. The molecule has 0 heterocycles. The second-order valence-electron chi connectivity index (χ2n) is 24.6. The minimum atomic E-state index is -4.95. The highest BCUT2D eigenvalue weighted by molar-refractivity contribution is 7.47. The third-order valence-corrected chi connectivity index (χ3v) is 17.8. The van der Waals surface area contributed by atoms with Crippen LogP contribution in [0.3, 0.4) is 0 Å². The first-order valence-corrected chi connectivity index (χ1v) is 38.8. The smallest absolute Gasteiger partial charge is 0.462 e. The van der Waals surface area contributed by atoms with Crippen molar-refractivity contribution in [2.75, 3.05) is 39.6 Å². The highest BCUT2D eigenvalue weighted by Gasteiger charge is 2.30. The number of aliphatic hydroxyl groups excluding tert-OH is 1. The molecule has 17 nitrogen and oxygen atoms in total. The predicted octanol–water partition coefficient (Wildman–Crippen LogP) is 19.5. The van der Waals surface area contributed by atoms with Crippen LogP contribution >= 0.6 is 15.6 Å². The number of ether oxygens (including phenoxy) is 4. The summed E-state index contributed by atoms with van der Waals surface area (Å²) < 4.78 is 68.1. The molecule has 0 amide bonds. The molecular weight excluding hydrogens is 1150 g/mol. The molecule has 0 aromatic rings. The van der Waals surface area contributed by atoms with Gasteiger partial charge in [-0.05, 0) is 25.7 Å². The van der Waals surface area contributed by atoms with Crippen molar-refractivity contribution in [2.24, 2.45) is 0 Å². The van der Waals surface area contributed by atoms with Crippen molar-refractivity contribution in [1.82, 2.24) is 0 Å². The Bertz CT molecular complexity index is 1670. The van der Waals surface area contributed by atoms with Crippen LogP contribution in [0.1, 0.15) is 355 Å². The number of hydrogen-bond donors (Lipinski definition) is 3. The molecule has 0 aliphatic heterocycles. The normalized spacial score (nSPS) is 14.1. The first kappa shape index (κ1) is 85.1. The van der Waals surface area contributed by atoms with Gasteiger partial charge in [0.25, 0.3) is 0 Å². The summed E-state index contributed by atoms with van der Waals surface area (Å²) in [6, 6.07) is 0. The Hall–Kier alpha value is -1.94. The van der Waals surface area contributed by atoms with Crippen molar-refractivity contribution in [3.8, 4) is 0 Å². The SMILES string of the molecule is CCCCCCCCCCCCCCCCCC(=O)O[C@H](COC(=O)CCCCCCCCCCCCCC)COP(=O)(O)OC[C@@H](O)COP(=O)(O)OC[C@@H](COC(=O)CCCCCCCCCC)OC(=O)CCCCCCCCCCCCCC. The van der Waals surface area contributed by atoms with Crippen molar-refractivity contribution < 1.29 is 80.2 Å². The lowest BCUT2D eigenvalue weighted by Gasteiger charge is -2.21. The molecule has 0 aliphatic rings. The number of rotatable bonds is 69. The molecule has 0 radical (unpaired) electrons. The molecule has 3 N–H and O–H groups in total. The predicted molar refractivity (Wildman–Crippen MR) is 349 cm³/mol. The van der Waals surface area contributed by atoms with Crippen LogP contribution in [0.2, 0.25) is 0 Å². The van der Waals surface area contributed by atoms with E-state index in [1.165, 1.54) is 180 Å². The van der Waals surface area contributed by atoms with Crippen LogP contribution in [-0.4, -0.2) is 96.7 Å². The van der Waals surface area contributed by atoms with Crippen molar-refractivity contribution in [2.45, 2.75) is 373 Å². The van der Waals surface area contributed by atoms with Gasteiger partial charge < -0.3 is 33.8 Å². The fourth-order valence-electron chi connectivity index (χ4n) is 10.3. The molecule has 0 saturated carbocycles. The third kappa shape index (κ3) is 62.6. The molecule has 0 bridgehead atoms. The Labute approximate surface area is 530 Å². The first-order valence-electron chi connectivity index (χ1n) is 35.8. The number of carbonyl (C=O) groups excluding carboxylic acids is 4. The fraction of sp³-hybridized carbons (Fsp3) is 0.941. The molecule has 5 atom stereocenters. The second kappa shape index (κ2) is 62.8. The van der Waals surface area contributed by atoms with E-state index in [1.54, 1.807) is 0 Å². The molecular formula is C68H132O17P2. The number of carbonyl (C=O) groups is 4. The lowest BCUT2D eigenvalue weighted by molar-refractivity contribution is -0.161. The summed E-state index contributed by atoms with van der Waals surface area (Å²) in [5.41, 5.74) is 0. The Kier molecular flexibility index (Phi) is 61.4.